The molecule has 1 saturated heterocycles. The zero-order chi connectivity index (χ0) is 20.3. The lowest BCUT2D eigenvalue weighted by Crippen LogP contribution is -2.46. The molecule has 2 heterocycles. The van der Waals surface area contributed by atoms with Gasteiger partial charge in [-0.25, -0.2) is 4.79 Å². The lowest BCUT2D eigenvalue weighted by molar-refractivity contribution is -0.00517. The highest BCUT2D eigenvalue weighted by Crippen LogP contribution is 2.35. The summed E-state index contributed by atoms with van der Waals surface area (Å²) in [5.41, 5.74) is 1.76. The van der Waals surface area contributed by atoms with Crippen LogP contribution in [-0.4, -0.2) is 31.3 Å². The number of nitrogens with zero attached hydrogens (tertiary/aromatic N) is 1. The fraction of sp³-hybridized carbons (Fsp3) is 0.500. The van der Waals surface area contributed by atoms with E-state index < -0.39 is 0 Å². The van der Waals surface area contributed by atoms with E-state index in [-0.39, 0.29) is 29.7 Å². The Balaban J connectivity index is 1.75. The second-order valence-electron chi connectivity index (χ2n) is 8.59. The molecule has 5 nitrogen and oxygen atoms in total. The van der Waals surface area contributed by atoms with Gasteiger partial charge in [-0.3, -0.25) is 0 Å². The first-order chi connectivity index (χ1) is 13.2. The standard InChI is InChI=1S/C22H31N3O2S/c1-15-13-25(14-16(2)27-15)18-10-7-6-9-17(18)23-21(26)24-20(22(3,4)5)19-11-8-12-28-19/h6-12,15-16,20H,13-14H2,1-5H3,(H2,23,24,26). The molecule has 1 aromatic heterocycles. The topological polar surface area (TPSA) is 53.6 Å². The van der Waals surface area contributed by atoms with Gasteiger partial charge < -0.3 is 20.3 Å². The van der Waals surface area contributed by atoms with Crippen molar-refractivity contribution in [3.8, 4) is 0 Å². The van der Waals surface area contributed by atoms with Crippen molar-refractivity contribution in [3.63, 3.8) is 0 Å². The van der Waals surface area contributed by atoms with Crippen LogP contribution in [0.1, 0.15) is 45.5 Å². The molecule has 2 N–H and O–H groups in total. The molecule has 3 unspecified atom stereocenters. The van der Waals surface area contributed by atoms with Crippen molar-refractivity contribution in [3.05, 3.63) is 46.7 Å². The Morgan fingerprint density at radius 1 is 1.14 bits per heavy atom. The van der Waals surface area contributed by atoms with Crippen LogP contribution in [0.4, 0.5) is 16.2 Å². The Labute approximate surface area is 172 Å². The van der Waals surface area contributed by atoms with Crippen LogP contribution >= 0.6 is 11.3 Å². The Hall–Kier alpha value is -2.05. The summed E-state index contributed by atoms with van der Waals surface area (Å²) < 4.78 is 5.85. The van der Waals surface area contributed by atoms with Gasteiger partial charge in [0.05, 0.1) is 29.6 Å². The van der Waals surface area contributed by atoms with E-state index in [0.29, 0.717) is 0 Å². The second kappa shape index (κ2) is 8.53. The van der Waals surface area contributed by atoms with E-state index in [9.17, 15) is 4.79 Å². The number of thiophene rings is 1. The van der Waals surface area contributed by atoms with Gasteiger partial charge in [-0.05, 0) is 42.8 Å². The second-order valence-corrected chi connectivity index (χ2v) is 9.57. The third-order valence-electron chi connectivity index (χ3n) is 4.88. The molecule has 2 aromatic rings. The molecule has 3 atom stereocenters. The Morgan fingerprint density at radius 2 is 1.82 bits per heavy atom. The number of rotatable bonds is 4. The number of morpholine rings is 1. The normalized spacial score (nSPS) is 21.2. The first-order valence-corrected chi connectivity index (χ1v) is 10.7. The van der Waals surface area contributed by atoms with Gasteiger partial charge >= 0.3 is 6.03 Å². The van der Waals surface area contributed by atoms with E-state index >= 15 is 0 Å². The molecule has 6 heteroatoms. The molecule has 2 amide bonds. The van der Waals surface area contributed by atoms with Gasteiger partial charge in [0, 0.05) is 18.0 Å². The minimum Gasteiger partial charge on any atom is -0.372 e. The Bertz CT molecular complexity index is 775. The number of ether oxygens (including phenoxy) is 1. The zero-order valence-corrected chi connectivity index (χ0v) is 18.2. The first-order valence-electron chi connectivity index (χ1n) is 9.84. The highest BCUT2D eigenvalue weighted by Gasteiger charge is 2.29. The summed E-state index contributed by atoms with van der Waals surface area (Å²) in [5, 5.41) is 8.29. The molecule has 1 aliphatic heterocycles. The molecule has 152 valence electrons. The van der Waals surface area contributed by atoms with E-state index in [2.05, 4.69) is 62.3 Å². The number of hydrogen-bond donors (Lipinski definition) is 2. The number of nitrogens with one attached hydrogen (secondary N) is 2. The van der Waals surface area contributed by atoms with Crippen molar-refractivity contribution in [2.24, 2.45) is 5.41 Å². The molecule has 0 saturated carbocycles. The Morgan fingerprint density at radius 3 is 2.43 bits per heavy atom. The predicted octanol–water partition coefficient (Wildman–Crippen LogP) is 5.27. The van der Waals surface area contributed by atoms with Gasteiger partial charge in [-0.1, -0.05) is 39.0 Å². The highest BCUT2D eigenvalue weighted by atomic mass is 32.1. The number of para-hydroxylation sites is 2. The minimum absolute atomic E-state index is 0.0527. The zero-order valence-electron chi connectivity index (χ0n) is 17.4. The number of amides is 2. The van der Waals surface area contributed by atoms with E-state index in [0.717, 1.165) is 29.3 Å². The third-order valence-corrected chi connectivity index (χ3v) is 5.82. The van der Waals surface area contributed by atoms with Crippen molar-refractivity contribution < 1.29 is 9.53 Å². The molecule has 0 aliphatic carbocycles. The van der Waals surface area contributed by atoms with Gasteiger partial charge in [-0.2, -0.15) is 0 Å². The maximum Gasteiger partial charge on any atom is 0.319 e. The smallest absolute Gasteiger partial charge is 0.319 e. The minimum atomic E-state index is -0.185. The first kappa shape index (κ1) is 20.7. The van der Waals surface area contributed by atoms with Crippen molar-refractivity contribution in [2.45, 2.75) is 52.9 Å². The molecule has 1 aromatic carbocycles. The summed E-state index contributed by atoms with van der Waals surface area (Å²) in [5.74, 6) is 0. The van der Waals surface area contributed by atoms with E-state index in [4.69, 9.17) is 4.74 Å². The molecule has 0 bridgehead atoms. The van der Waals surface area contributed by atoms with Crippen molar-refractivity contribution >= 4 is 28.7 Å². The van der Waals surface area contributed by atoms with Crippen LogP contribution in [0.25, 0.3) is 0 Å². The van der Waals surface area contributed by atoms with Gasteiger partial charge in [-0.15, -0.1) is 11.3 Å². The molecule has 3 rings (SSSR count). The molecule has 1 aliphatic rings. The number of anilines is 2. The van der Waals surface area contributed by atoms with Gasteiger partial charge in [0.1, 0.15) is 0 Å². The van der Waals surface area contributed by atoms with Crippen LogP contribution in [0.2, 0.25) is 0 Å². The van der Waals surface area contributed by atoms with Gasteiger partial charge in [0.2, 0.25) is 0 Å². The third kappa shape index (κ3) is 5.06. The maximum atomic E-state index is 12.9. The lowest BCUT2D eigenvalue weighted by Gasteiger charge is -2.37. The lowest BCUT2D eigenvalue weighted by atomic mass is 9.86. The predicted molar refractivity (Wildman–Crippen MR) is 117 cm³/mol. The van der Waals surface area contributed by atoms with Crippen LogP contribution in [0.5, 0.6) is 0 Å². The molecule has 0 radical (unpaired) electrons. The van der Waals surface area contributed by atoms with Crippen molar-refractivity contribution in [2.75, 3.05) is 23.3 Å². The van der Waals surface area contributed by atoms with E-state index in [1.165, 1.54) is 0 Å². The van der Waals surface area contributed by atoms with E-state index in [1.54, 1.807) is 11.3 Å². The molecule has 0 spiro atoms. The van der Waals surface area contributed by atoms with E-state index in [1.807, 2.05) is 29.6 Å². The van der Waals surface area contributed by atoms with Gasteiger partial charge in [0.25, 0.3) is 0 Å². The quantitative estimate of drug-likeness (QED) is 0.734. The average Bonchev–Trinajstić information content (AvgIpc) is 3.12. The largest absolute Gasteiger partial charge is 0.372 e. The van der Waals surface area contributed by atoms with Crippen LogP contribution in [0.15, 0.2) is 41.8 Å². The monoisotopic (exact) mass is 401 g/mol. The number of hydrogen-bond acceptors (Lipinski definition) is 4. The summed E-state index contributed by atoms with van der Waals surface area (Å²) in [6.07, 6.45) is 0.324. The van der Waals surface area contributed by atoms with Crippen LogP contribution in [0, 0.1) is 5.41 Å². The molecule has 28 heavy (non-hydrogen) atoms. The molecular formula is C22H31N3O2S. The summed E-state index contributed by atoms with van der Waals surface area (Å²) in [6.45, 7) is 12.2. The highest BCUT2D eigenvalue weighted by molar-refractivity contribution is 7.10. The number of carbonyl (C=O) groups is 1. The number of urea groups is 1. The number of carbonyl (C=O) groups excluding carboxylic acids is 1. The van der Waals surface area contributed by atoms with Crippen LogP contribution < -0.4 is 15.5 Å². The maximum absolute atomic E-state index is 12.9. The van der Waals surface area contributed by atoms with Crippen molar-refractivity contribution in [1.82, 2.24) is 5.32 Å². The van der Waals surface area contributed by atoms with Crippen LogP contribution in [-0.2, 0) is 4.74 Å². The summed E-state index contributed by atoms with van der Waals surface area (Å²) in [6, 6.07) is 11.8. The fourth-order valence-corrected chi connectivity index (χ4v) is 4.71. The van der Waals surface area contributed by atoms with Crippen molar-refractivity contribution in [1.29, 1.82) is 0 Å². The Kier molecular flexibility index (Phi) is 6.30. The summed E-state index contributed by atoms with van der Waals surface area (Å²) in [4.78, 5) is 16.3. The molecule has 1 fully saturated rings. The fourth-order valence-electron chi connectivity index (χ4n) is 3.69. The average molecular weight is 402 g/mol. The summed E-state index contributed by atoms with van der Waals surface area (Å²) >= 11 is 1.67. The number of benzene rings is 1. The molecular weight excluding hydrogens is 370 g/mol. The van der Waals surface area contributed by atoms with Gasteiger partial charge in [0.15, 0.2) is 0 Å². The van der Waals surface area contributed by atoms with Crippen LogP contribution in [0.3, 0.4) is 0 Å². The SMILES string of the molecule is CC1CN(c2ccccc2NC(=O)NC(c2cccs2)C(C)(C)C)CC(C)O1. The summed E-state index contributed by atoms with van der Waals surface area (Å²) in [7, 11) is 0.